The molecular formula is C13H18N2. The first kappa shape index (κ1) is 9.22. The Labute approximate surface area is 91.3 Å². The summed E-state index contributed by atoms with van der Waals surface area (Å²) in [6, 6.07) is 6.90. The minimum atomic E-state index is 1.11. The molecule has 1 saturated heterocycles. The molecule has 2 nitrogen and oxygen atoms in total. The Balaban J connectivity index is 1.75. The maximum absolute atomic E-state index is 3.41. The molecule has 1 fully saturated rings. The lowest BCUT2D eigenvalue weighted by Gasteiger charge is -2.15. The fraction of sp³-hybridized carbons (Fsp3) is 0.538. The van der Waals surface area contributed by atoms with E-state index in [2.05, 4.69) is 28.4 Å². The average molecular weight is 202 g/mol. The Kier molecular flexibility index (Phi) is 2.37. The molecule has 2 aliphatic heterocycles. The third kappa shape index (κ3) is 1.86. The van der Waals surface area contributed by atoms with Crippen LogP contribution in [0.3, 0.4) is 0 Å². The summed E-state index contributed by atoms with van der Waals surface area (Å²) in [6.45, 7) is 4.83. The van der Waals surface area contributed by atoms with Crippen LogP contribution >= 0.6 is 0 Å². The van der Waals surface area contributed by atoms with Crippen molar-refractivity contribution < 1.29 is 0 Å². The van der Waals surface area contributed by atoms with E-state index >= 15 is 0 Å². The fourth-order valence-electron chi connectivity index (χ4n) is 2.66. The van der Waals surface area contributed by atoms with Crippen LogP contribution in [-0.4, -0.2) is 24.5 Å². The summed E-state index contributed by atoms with van der Waals surface area (Å²) in [6.07, 6.45) is 3.96. The van der Waals surface area contributed by atoms with Gasteiger partial charge in [0, 0.05) is 18.8 Å². The summed E-state index contributed by atoms with van der Waals surface area (Å²) in [5.41, 5.74) is 4.34. The smallest absolute Gasteiger partial charge is 0.0373 e. The number of hydrogen-bond donors (Lipinski definition) is 1. The number of anilines is 1. The van der Waals surface area contributed by atoms with Gasteiger partial charge < -0.3 is 5.32 Å². The number of rotatable bonds is 2. The standard InChI is InChI=1S/C13H18N2/c1-2-8-15(7-1)10-11-3-4-13-12(9-11)5-6-14-13/h3-4,9,14H,1-2,5-8,10H2. The van der Waals surface area contributed by atoms with E-state index in [1.54, 1.807) is 0 Å². The molecule has 2 heteroatoms. The average Bonchev–Trinajstić information content (AvgIpc) is 2.87. The molecular weight excluding hydrogens is 184 g/mol. The van der Waals surface area contributed by atoms with Gasteiger partial charge in [-0.25, -0.2) is 0 Å². The first-order valence-corrected chi connectivity index (χ1v) is 6.00. The maximum Gasteiger partial charge on any atom is 0.0373 e. The maximum atomic E-state index is 3.41. The molecule has 15 heavy (non-hydrogen) atoms. The zero-order valence-electron chi connectivity index (χ0n) is 9.13. The van der Waals surface area contributed by atoms with E-state index in [1.165, 1.54) is 49.2 Å². The minimum Gasteiger partial charge on any atom is -0.384 e. The van der Waals surface area contributed by atoms with Crippen LogP contribution in [0.5, 0.6) is 0 Å². The summed E-state index contributed by atoms with van der Waals surface area (Å²) in [4.78, 5) is 2.56. The number of hydrogen-bond acceptors (Lipinski definition) is 2. The molecule has 0 aromatic heterocycles. The summed E-state index contributed by atoms with van der Waals surface area (Å²) in [7, 11) is 0. The predicted octanol–water partition coefficient (Wildman–Crippen LogP) is 2.25. The summed E-state index contributed by atoms with van der Waals surface area (Å²) < 4.78 is 0. The second kappa shape index (κ2) is 3.86. The van der Waals surface area contributed by atoms with Crippen LogP contribution in [0, 0.1) is 0 Å². The topological polar surface area (TPSA) is 15.3 Å². The lowest BCUT2D eigenvalue weighted by Crippen LogP contribution is -2.18. The van der Waals surface area contributed by atoms with Gasteiger partial charge >= 0.3 is 0 Å². The molecule has 1 aromatic rings. The van der Waals surface area contributed by atoms with E-state index in [0.717, 1.165) is 13.1 Å². The number of benzene rings is 1. The highest BCUT2D eigenvalue weighted by atomic mass is 15.1. The zero-order chi connectivity index (χ0) is 10.1. The van der Waals surface area contributed by atoms with Crippen LogP contribution in [0.1, 0.15) is 24.0 Å². The highest BCUT2D eigenvalue weighted by Crippen LogP contribution is 2.24. The van der Waals surface area contributed by atoms with Crippen LogP contribution < -0.4 is 5.32 Å². The molecule has 1 N–H and O–H groups in total. The molecule has 2 heterocycles. The van der Waals surface area contributed by atoms with E-state index in [0.29, 0.717) is 0 Å². The molecule has 0 bridgehead atoms. The normalized spacial score (nSPS) is 20.3. The lowest BCUT2D eigenvalue weighted by atomic mass is 10.1. The van der Waals surface area contributed by atoms with Crippen molar-refractivity contribution >= 4 is 5.69 Å². The lowest BCUT2D eigenvalue weighted by molar-refractivity contribution is 0.331. The highest BCUT2D eigenvalue weighted by Gasteiger charge is 2.14. The van der Waals surface area contributed by atoms with E-state index < -0.39 is 0 Å². The quantitative estimate of drug-likeness (QED) is 0.791. The van der Waals surface area contributed by atoms with E-state index in [9.17, 15) is 0 Å². The Hall–Kier alpha value is -1.02. The molecule has 0 radical (unpaired) electrons. The van der Waals surface area contributed by atoms with Crippen LogP contribution in [0.25, 0.3) is 0 Å². The zero-order valence-corrected chi connectivity index (χ0v) is 9.13. The molecule has 3 rings (SSSR count). The number of nitrogens with one attached hydrogen (secondary N) is 1. The first-order valence-electron chi connectivity index (χ1n) is 6.00. The molecule has 2 aliphatic rings. The summed E-state index contributed by atoms with van der Waals surface area (Å²) in [5, 5.41) is 3.41. The van der Waals surface area contributed by atoms with Gasteiger partial charge in [-0.05, 0) is 49.5 Å². The van der Waals surface area contributed by atoms with Crippen molar-refractivity contribution in [1.29, 1.82) is 0 Å². The molecule has 80 valence electrons. The second-order valence-corrected chi connectivity index (χ2v) is 4.65. The number of likely N-dealkylation sites (tertiary alicyclic amines) is 1. The van der Waals surface area contributed by atoms with Gasteiger partial charge in [-0.1, -0.05) is 12.1 Å². The van der Waals surface area contributed by atoms with Crippen molar-refractivity contribution in [2.45, 2.75) is 25.8 Å². The van der Waals surface area contributed by atoms with Crippen molar-refractivity contribution in [3.63, 3.8) is 0 Å². The van der Waals surface area contributed by atoms with Crippen molar-refractivity contribution in [1.82, 2.24) is 4.90 Å². The molecule has 0 spiro atoms. The van der Waals surface area contributed by atoms with Gasteiger partial charge in [-0.3, -0.25) is 4.90 Å². The monoisotopic (exact) mass is 202 g/mol. The molecule has 0 atom stereocenters. The van der Waals surface area contributed by atoms with Gasteiger partial charge in [0.05, 0.1) is 0 Å². The molecule has 0 amide bonds. The molecule has 0 unspecified atom stereocenters. The molecule has 0 aliphatic carbocycles. The Morgan fingerprint density at radius 1 is 1.20 bits per heavy atom. The first-order chi connectivity index (χ1) is 7.42. The molecule has 0 saturated carbocycles. The van der Waals surface area contributed by atoms with Gasteiger partial charge in [0.1, 0.15) is 0 Å². The van der Waals surface area contributed by atoms with Gasteiger partial charge in [0.15, 0.2) is 0 Å². The third-order valence-electron chi connectivity index (χ3n) is 3.48. The largest absolute Gasteiger partial charge is 0.384 e. The van der Waals surface area contributed by atoms with Crippen molar-refractivity contribution in [2.75, 3.05) is 25.0 Å². The SMILES string of the molecule is c1cc2c(cc1CN1CCCC1)CCN2. The summed E-state index contributed by atoms with van der Waals surface area (Å²) >= 11 is 0. The predicted molar refractivity (Wildman–Crippen MR) is 63.1 cm³/mol. The van der Waals surface area contributed by atoms with Gasteiger partial charge in [0.25, 0.3) is 0 Å². The van der Waals surface area contributed by atoms with Crippen LogP contribution in [0.2, 0.25) is 0 Å². The van der Waals surface area contributed by atoms with Gasteiger partial charge in [-0.2, -0.15) is 0 Å². The van der Waals surface area contributed by atoms with E-state index in [1.807, 2.05) is 0 Å². The molecule has 1 aromatic carbocycles. The van der Waals surface area contributed by atoms with Crippen LogP contribution in [0.4, 0.5) is 5.69 Å². The third-order valence-corrected chi connectivity index (χ3v) is 3.48. The Morgan fingerprint density at radius 2 is 2.07 bits per heavy atom. The minimum absolute atomic E-state index is 1.11. The van der Waals surface area contributed by atoms with Gasteiger partial charge in [0.2, 0.25) is 0 Å². The van der Waals surface area contributed by atoms with Crippen LogP contribution in [-0.2, 0) is 13.0 Å². The fourth-order valence-corrected chi connectivity index (χ4v) is 2.66. The highest BCUT2D eigenvalue weighted by molar-refractivity contribution is 5.56. The Morgan fingerprint density at radius 3 is 2.93 bits per heavy atom. The van der Waals surface area contributed by atoms with Crippen molar-refractivity contribution in [2.24, 2.45) is 0 Å². The van der Waals surface area contributed by atoms with Crippen molar-refractivity contribution in [3.05, 3.63) is 29.3 Å². The van der Waals surface area contributed by atoms with E-state index in [-0.39, 0.29) is 0 Å². The van der Waals surface area contributed by atoms with E-state index in [4.69, 9.17) is 0 Å². The number of fused-ring (bicyclic) bond motifs is 1. The van der Waals surface area contributed by atoms with Crippen molar-refractivity contribution in [3.8, 4) is 0 Å². The second-order valence-electron chi connectivity index (χ2n) is 4.65. The van der Waals surface area contributed by atoms with Gasteiger partial charge in [-0.15, -0.1) is 0 Å². The number of nitrogens with zero attached hydrogens (tertiary/aromatic N) is 1. The van der Waals surface area contributed by atoms with Crippen LogP contribution in [0.15, 0.2) is 18.2 Å². The summed E-state index contributed by atoms with van der Waals surface area (Å²) in [5.74, 6) is 0. The Bertz CT molecular complexity index is 354.